The molecule has 3 atom stereocenters. The van der Waals surface area contributed by atoms with Crippen LogP contribution in [-0.2, 0) is 4.79 Å². The third kappa shape index (κ3) is 3.46. The Labute approximate surface area is 206 Å². The highest BCUT2D eigenvalue weighted by atomic mass is 16.3. The number of carbonyl (C=O) groups excluding carboxylic acids is 2. The zero-order valence-corrected chi connectivity index (χ0v) is 19.8. The molecule has 0 unspecified atom stereocenters. The van der Waals surface area contributed by atoms with Gasteiger partial charge in [-0.3, -0.25) is 9.59 Å². The van der Waals surface area contributed by atoms with Gasteiger partial charge in [0, 0.05) is 47.7 Å². The van der Waals surface area contributed by atoms with Crippen molar-refractivity contribution in [3.63, 3.8) is 0 Å². The number of ketones is 1. The van der Waals surface area contributed by atoms with Crippen LogP contribution in [0.2, 0.25) is 0 Å². The first-order chi connectivity index (χ1) is 17.5. The van der Waals surface area contributed by atoms with Crippen LogP contribution in [0.25, 0.3) is 22.6 Å². The minimum Gasteiger partial charge on any atom is -0.387 e. The molecular weight excluding hydrogens is 460 g/mol. The molecule has 0 spiro atoms. The SMILES string of the molecule is CC(=O)c1c([C@H]2C[C@H]3CC[C@@H](C2)N3C(=O)CO)nc2c(-c3ccc(-n4cccn4)nc3)cnn2c1N. The van der Waals surface area contributed by atoms with Crippen LogP contribution in [0.4, 0.5) is 5.82 Å². The van der Waals surface area contributed by atoms with E-state index in [4.69, 9.17) is 10.7 Å². The topological polar surface area (TPSA) is 145 Å². The summed E-state index contributed by atoms with van der Waals surface area (Å²) in [5, 5.41) is 18.0. The average molecular weight is 487 g/mol. The van der Waals surface area contributed by atoms with Crippen molar-refractivity contribution < 1.29 is 14.7 Å². The van der Waals surface area contributed by atoms with Gasteiger partial charge in [-0.2, -0.15) is 14.7 Å². The minimum atomic E-state index is -0.486. The number of anilines is 1. The quantitative estimate of drug-likeness (QED) is 0.408. The highest BCUT2D eigenvalue weighted by Crippen LogP contribution is 2.44. The van der Waals surface area contributed by atoms with E-state index in [-0.39, 0.29) is 35.5 Å². The normalized spacial score (nSPS) is 21.3. The van der Waals surface area contributed by atoms with Crippen LogP contribution in [0.5, 0.6) is 0 Å². The number of nitrogens with two attached hydrogens (primary N) is 1. The molecule has 2 bridgehead atoms. The van der Waals surface area contributed by atoms with E-state index in [1.165, 1.54) is 11.4 Å². The first kappa shape index (κ1) is 22.4. The zero-order valence-electron chi connectivity index (χ0n) is 19.8. The summed E-state index contributed by atoms with van der Waals surface area (Å²) < 4.78 is 3.19. The highest BCUT2D eigenvalue weighted by molar-refractivity contribution is 6.00. The van der Waals surface area contributed by atoms with Gasteiger partial charge in [-0.1, -0.05) is 0 Å². The van der Waals surface area contributed by atoms with E-state index in [9.17, 15) is 14.7 Å². The fourth-order valence-electron chi connectivity index (χ4n) is 5.87. The van der Waals surface area contributed by atoms with Crippen molar-refractivity contribution in [2.75, 3.05) is 12.3 Å². The van der Waals surface area contributed by atoms with Crippen LogP contribution in [0.1, 0.15) is 54.6 Å². The summed E-state index contributed by atoms with van der Waals surface area (Å²) in [6, 6.07) is 5.67. The first-order valence-electron chi connectivity index (χ1n) is 12.0. The Kier molecular flexibility index (Phi) is 5.29. The molecule has 0 radical (unpaired) electrons. The fourth-order valence-corrected chi connectivity index (χ4v) is 5.87. The second-order valence-corrected chi connectivity index (χ2v) is 9.48. The van der Waals surface area contributed by atoms with E-state index in [1.807, 2.05) is 29.3 Å². The Hall–Kier alpha value is -4.12. The molecule has 2 aliphatic heterocycles. The van der Waals surface area contributed by atoms with Crippen LogP contribution < -0.4 is 5.73 Å². The Morgan fingerprint density at radius 1 is 1.14 bits per heavy atom. The summed E-state index contributed by atoms with van der Waals surface area (Å²) in [7, 11) is 0. The number of nitrogen functional groups attached to an aromatic ring is 1. The molecule has 0 saturated carbocycles. The van der Waals surface area contributed by atoms with E-state index in [0.29, 0.717) is 35.6 Å². The second kappa shape index (κ2) is 8.52. The number of aliphatic hydroxyl groups excluding tert-OH is 1. The lowest BCUT2D eigenvalue weighted by Gasteiger charge is -2.39. The van der Waals surface area contributed by atoms with Crippen molar-refractivity contribution in [1.29, 1.82) is 0 Å². The number of pyridine rings is 1. The maximum atomic E-state index is 12.7. The van der Waals surface area contributed by atoms with E-state index < -0.39 is 6.61 Å². The van der Waals surface area contributed by atoms with Crippen molar-refractivity contribution in [2.24, 2.45) is 0 Å². The van der Waals surface area contributed by atoms with Gasteiger partial charge in [-0.05, 0) is 50.8 Å². The van der Waals surface area contributed by atoms with Gasteiger partial charge in [0.05, 0.1) is 17.5 Å². The molecule has 4 aromatic heterocycles. The summed E-state index contributed by atoms with van der Waals surface area (Å²) in [4.78, 5) is 36.3. The first-order valence-corrected chi connectivity index (χ1v) is 12.0. The number of rotatable bonds is 5. The number of aromatic nitrogens is 6. The van der Waals surface area contributed by atoms with Gasteiger partial charge >= 0.3 is 0 Å². The monoisotopic (exact) mass is 486 g/mol. The molecule has 6 heterocycles. The molecule has 1 amide bonds. The Bertz CT molecular complexity index is 1450. The van der Waals surface area contributed by atoms with Crippen molar-refractivity contribution in [3.05, 3.63) is 54.2 Å². The molecular formula is C25H26N8O3. The average Bonchev–Trinajstić information content (AvgIpc) is 3.62. The number of Topliss-reactive ketones (excluding diaryl/α,β-unsaturated/α-hetero) is 1. The predicted octanol–water partition coefficient (Wildman–Crippen LogP) is 1.99. The second-order valence-electron chi connectivity index (χ2n) is 9.48. The van der Waals surface area contributed by atoms with Gasteiger partial charge in [0.2, 0.25) is 5.91 Å². The number of aliphatic hydroxyl groups is 1. The van der Waals surface area contributed by atoms with E-state index in [0.717, 1.165) is 24.0 Å². The summed E-state index contributed by atoms with van der Waals surface area (Å²) in [6.07, 6.45) is 10.1. The lowest BCUT2D eigenvalue weighted by Crippen LogP contribution is -2.47. The summed E-state index contributed by atoms with van der Waals surface area (Å²) in [6.45, 7) is 1.00. The van der Waals surface area contributed by atoms with E-state index in [1.54, 1.807) is 23.3 Å². The molecule has 4 aromatic rings. The molecule has 2 saturated heterocycles. The molecule has 0 aromatic carbocycles. The van der Waals surface area contributed by atoms with Gasteiger partial charge < -0.3 is 15.7 Å². The predicted molar refractivity (Wildman–Crippen MR) is 130 cm³/mol. The molecule has 3 N–H and O–H groups in total. The number of carbonyl (C=O) groups is 2. The smallest absolute Gasteiger partial charge is 0.248 e. The Morgan fingerprint density at radius 3 is 2.53 bits per heavy atom. The largest absolute Gasteiger partial charge is 0.387 e. The Morgan fingerprint density at radius 2 is 1.92 bits per heavy atom. The third-order valence-corrected chi connectivity index (χ3v) is 7.40. The van der Waals surface area contributed by atoms with Crippen molar-refractivity contribution in [1.82, 2.24) is 34.3 Å². The number of nitrogens with zero attached hydrogens (tertiary/aromatic N) is 7. The van der Waals surface area contributed by atoms with Gasteiger partial charge in [-0.25, -0.2) is 14.6 Å². The molecule has 2 fully saturated rings. The lowest BCUT2D eigenvalue weighted by molar-refractivity contribution is -0.138. The molecule has 2 aliphatic rings. The number of hydrogen-bond acceptors (Lipinski definition) is 8. The minimum absolute atomic E-state index is 0.0240. The maximum Gasteiger partial charge on any atom is 0.248 e. The summed E-state index contributed by atoms with van der Waals surface area (Å²) >= 11 is 0. The third-order valence-electron chi connectivity index (χ3n) is 7.40. The molecule has 11 nitrogen and oxygen atoms in total. The fraction of sp³-hybridized carbons (Fsp3) is 0.360. The summed E-state index contributed by atoms with van der Waals surface area (Å²) in [5.41, 5.74) is 9.68. The van der Waals surface area contributed by atoms with E-state index >= 15 is 0 Å². The van der Waals surface area contributed by atoms with E-state index in [2.05, 4.69) is 15.2 Å². The van der Waals surface area contributed by atoms with Crippen LogP contribution in [0, 0.1) is 0 Å². The molecule has 184 valence electrons. The van der Waals surface area contributed by atoms with Crippen LogP contribution in [0.15, 0.2) is 43.0 Å². The standard InChI is InChI=1S/C25H26N8O3/c1-14(35)22-23(16-9-17-4-5-18(10-16)32(17)21(36)13-34)30-25-19(12-29-33(25)24(22)26)15-3-6-20(27-11-15)31-8-2-7-28-31/h2-3,6-8,11-12,16-18,34H,4-5,9-10,13,26H2,1H3/t16-,17+,18-. The molecule has 0 aliphatic carbocycles. The number of amides is 1. The Balaban J connectivity index is 1.42. The molecule has 36 heavy (non-hydrogen) atoms. The number of piperidine rings is 1. The number of hydrogen-bond donors (Lipinski definition) is 2. The molecule has 6 rings (SSSR count). The summed E-state index contributed by atoms with van der Waals surface area (Å²) in [5.74, 6) is 0.516. The molecule has 11 heteroatoms. The van der Waals surface area contributed by atoms with Crippen molar-refractivity contribution in [3.8, 4) is 16.9 Å². The van der Waals surface area contributed by atoms with Crippen LogP contribution in [0.3, 0.4) is 0 Å². The lowest BCUT2D eigenvalue weighted by atomic mass is 9.85. The van der Waals surface area contributed by atoms with Crippen molar-refractivity contribution in [2.45, 2.75) is 50.6 Å². The van der Waals surface area contributed by atoms with Crippen molar-refractivity contribution >= 4 is 23.2 Å². The number of fused-ring (bicyclic) bond motifs is 3. The highest BCUT2D eigenvalue weighted by Gasteiger charge is 2.44. The van der Waals surface area contributed by atoms with Crippen LogP contribution in [-0.4, -0.2) is 69.7 Å². The maximum absolute atomic E-state index is 12.7. The zero-order chi connectivity index (χ0) is 25.0. The van der Waals surface area contributed by atoms with Crippen LogP contribution >= 0.6 is 0 Å². The van der Waals surface area contributed by atoms with Gasteiger partial charge in [0.15, 0.2) is 17.2 Å². The van der Waals surface area contributed by atoms with Gasteiger partial charge in [-0.15, -0.1) is 0 Å². The van der Waals surface area contributed by atoms with Gasteiger partial charge in [0.1, 0.15) is 12.4 Å². The van der Waals surface area contributed by atoms with Gasteiger partial charge in [0.25, 0.3) is 0 Å².